The van der Waals surface area contributed by atoms with Crippen LogP contribution in [0.5, 0.6) is 0 Å². The van der Waals surface area contributed by atoms with Gasteiger partial charge in [-0.1, -0.05) is 19.9 Å². The number of nitrogens with zero attached hydrogens (tertiary/aromatic N) is 1. The molecule has 1 amide bonds. The van der Waals surface area contributed by atoms with Gasteiger partial charge in [-0.05, 0) is 24.1 Å². The molecular weight excluding hydrogens is 259 g/mol. The SMILES string of the molecule is CC(C)C1(O)CN(CCC(=O)Nc2cccc(F)c2)C1. The Morgan fingerprint density at radius 2 is 2.20 bits per heavy atom. The summed E-state index contributed by atoms with van der Waals surface area (Å²) >= 11 is 0. The maximum atomic E-state index is 13.0. The van der Waals surface area contributed by atoms with Gasteiger partial charge in [-0.15, -0.1) is 0 Å². The van der Waals surface area contributed by atoms with Crippen LogP contribution >= 0.6 is 0 Å². The number of rotatable bonds is 5. The van der Waals surface area contributed by atoms with E-state index in [1.54, 1.807) is 12.1 Å². The van der Waals surface area contributed by atoms with Crippen molar-refractivity contribution in [3.8, 4) is 0 Å². The van der Waals surface area contributed by atoms with Gasteiger partial charge in [0.25, 0.3) is 0 Å². The summed E-state index contributed by atoms with van der Waals surface area (Å²) in [6, 6.07) is 5.84. The minimum absolute atomic E-state index is 0.143. The first-order valence-corrected chi connectivity index (χ1v) is 6.89. The van der Waals surface area contributed by atoms with Gasteiger partial charge < -0.3 is 10.4 Å². The molecule has 0 aliphatic carbocycles. The van der Waals surface area contributed by atoms with Gasteiger partial charge in [-0.2, -0.15) is 0 Å². The average molecular weight is 280 g/mol. The summed E-state index contributed by atoms with van der Waals surface area (Å²) in [4.78, 5) is 13.8. The van der Waals surface area contributed by atoms with E-state index in [2.05, 4.69) is 5.32 Å². The molecule has 4 nitrogen and oxygen atoms in total. The van der Waals surface area contributed by atoms with E-state index in [-0.39, 0.29) is 17.6 Å². The number of halogens is 1. The lowest BCUT2D eigenvalue weighted by molar-refractivity contribution is -0.132. The number of carbonyl (C=O) groups excluding carboxylic acids is 1. The fourth-order valence-corrected chi connectivity index (χ4v) is 2.30. The van der Waals surface area contributed by atoms with Crippen molar-refractivity contribution in [1.82, 2.24) is 4.90 Å². The van der Waals surface area contributed by atoms with Gasteiger partial charge in [-0.25, -0.2) is 4.39 Å². The Morgan fingerprint density at radius 1 is 1.50 bits per heavy atom. The van der Waals surface area contributed by atoms with Crippen molar-refractivity contribution in [3.05, 3.63) is 30.1 Å². The van der Waals surface area contributed by atoms with Crippen LogP contribution < -0.4 is 5.32 Å². The molecule has 0 atom stereocenters. The van der Waals surface area contributed by atoms with Gasteiger partial charge in [0.2, 0.25) is 5.91 Å². The van der Waals surface area contributed by atoms with Crippen molar-refractivity contribution in [3.63, 3.8) is 0 Å². The first-order chi connectivity index (χ1) is 9.39. The third-order valence-corrected chi connectivity index (χ3v) is 3.83. The second-order valence-corrected chi connectivity index (χ2v) is 5.78. The van der Waals surface area contributed by atoms with Crippen molar-refractivity contribution in [2.24, 2.45) is 5.92 Å². The summed E-state index contributed by atoms with van der Waals surface area (Å²) in [7, 11) is 0. The standard InChI is InChI=1S/C15H21FN2O2/c1-11(2)15(20)9-18(10-15)7-6-14(19)17-13-5-3-4-12(16)8-13/h3-5,8,11,20H,6-7,9-10H2,1-2H3,(H,17,19). The number of anilines is 1. The molecule has 1 fully saturated rings. The lowest BCUT2D eigenvalue weighted by atomic mass is 9.83. The first-order valence-electron chi connectivity index (χ1n) is 6.89. The molecule has 0 unspecified atom stereocenters. The molecule has 1 aromatic carbocycles. The van der Waals surface area contributed by atoms with Crippen molar-refractivity contribution in [2.45, 2.75) is 25.9 Å². The summed E-state index contributed by atoms with van der Waals surface area (Å²) in [5, 5.41) is 12.8. The van der Waals surface area contributed by atoms with E-state index in [1.165, 1.54) is 12.1 Å². The van der Waals surface area contributed by atoms with Gasteiger partial charge in [-0.3, -0.25) is 9.69 Å². The summed E-state index contributed by atoms with van der Waals surface area (Å²) in [5.41, 5.74) is -0.142. The lowest BCUT2D eigenvalue weighted by Crippen LogP contribution is -2.64. The molecule has 1 aromatic rings. The van der Waals surface area contributed by atoms with E-state index in [0.717, 1.165) is 0 Å². The van der Waals surface area contributed by atoms with Crippen LogP contribution in [0.1, 0.15) is 20.3 Å². The van der Waals surface area contributed by atoms with Crippen LogP contribution in [-0.2, 0) is 4.79 Å². The molecule has 2 rings (SSSR count). The zero-order chi connectivity index (χ0) is 14.8. The second kappa shape index (κ2) is 5.89. The molecule has 5 heteroatoms. The molecule has 1 aliphatic heterocycles. The molecular formula is C15H21FN2O2. The second-order valence-electron chi connectivity index (χ2n) is 5.78. The average Bonchev–Trinajstić information content (AvgIpc) is 2.33. The highest BCUT2D eigenvalue weighted by molar-refractivity contribution is 5.90. The molecule has 0 saturated carbocycles. The Bertz CT molecular complexity index is 485. The van der Waals surface area contributed by atoms with Crippen LogP contribution in [0, 0.1) is 11.7 Å². The maximum absolute atomic E-state index is 13.0. The van der Waals surface area contributed by atoms with E-state index >= 15 is 0 Å². The summed E-state index contributed by atoms with van der Waals surface area (Å²) in [6.07, 6.45) is 0.338. The molecule has 1 saturated heterocycles. The molecule has 1 heterocycles. The predicted molar refractivity (Wildman–Crippen MR) is 75.9 cm³/mol. The lowest BCUT2D eigenvalue weighted by Gasteiger charge is -2.49. The zero-order valence-corrected chi connectivity index (χ0v) is 11.9. The number of nitrogens with one attached hydrogen (secondary N) is 1. The predicted octanol–water partition coefficient (Wildman–Crippen LogP) is 1.86. The molecule has 0 bridgehead atoms. The summed E-state index contributed by atoms with van der Waals surface area (Å²) < 4.78 is 13.0. The Kier molecular flexibility index (Phi) is 4.40. The number of hydrogen-bond acceptors (Lipinski definition) is 3. The third-order valence-electron chi connectivity index (χ3n) is 3.83. The maximum Gasteiger partial charge on any atom is 0.225 e. The smallest absolute Gasteiger partial charge is 0.225 e. The largest absolute Gasteiger partial charge is 0.387 e. The number of likely N-dealkylation sites (tertiary alicyclic amines) is 1. The molecule has 0 radical (unpaired) electrons. The zero-order valence-electron chi connectivity index (χ0n) is 11.9. The quantitative estimate of drug-likeness (QED) is 0.865. The van der Waals surface area contributed by atoms with E-state index < -0.39 is 5.60 Å². The topological polar surface area (TPSA) is 52.6 Å². The van der Waals surface area contributed by atoms with Crippen LogP contribution in [0.4, 0.5) is 10.1 Å². The molecule has 110 valence electrons. The Labute approximate surface area is 118 Å². The van der Waals surface area contributed by atoms with Crippen molar-refractivity contribution in [2.75, 3.05) is 25.0 Å². The Balaban J connectivity index is 1.72. The fraction of sp³-hybridized carbons (Fsp3) is 0.533. The number of hydrogen-bond donors (Lipinski definition) is 2. The molecule has 20 heavy (non-hydrogen) atoms. The number of β-amino-alcohol motifs (C(OH)–C–C–N with tert-alkyl or cyclic N) is 1. The van der Waals surface area contributed by atoms with E-state index in [9.17, 15) is 14.3 Å². The van der Waals surface area contributed by atoms with Gasteiger partial charge in [0.05, 0.1) is 5.60 Å². The molecule has 0 aromatic heterocycles. The van der Waals surface area contributed by atoms with Crippen LogP contribution in [0.15, 0.2) is 24.3 Å². The third kappa shape index (κ3) is 3.55. The van der Waals surface area contributed by atoms with Crippen molar-refractivity contribution in [1.29, 1.82) is 0 Å². The highest BCUT2D eigenvalue weighted by Crippen LogP contribution is 2.28. The van der Waals surface area contributed by atoms with Crippen LogP contribution in [-0.4, -0.2) is 41.1 Å². The normalized spacial score (nSPS) is 17.9. The summed E-state index contributed by atoms with van der Waals surface area (Å²) in [6.45, 7) is 5.81. The highest BCUT2D eigenvalue weighted by Gasteiger charge is 2.43. The van der Waals surface area contributed by atoms with E-state index in [1.807, 2.05) is 18.7 Å². The van der Waals surface area contributed by atoms with Gasteiger partial charge in [0.1, 0.15) is 5.82 Å². The first kappa shape index (κ1) is 14.9. The fourth-order valence-electron chi connectivity index (χ4n) is 2.30. The van der Waals surface area contributed by atoms with Crippen LogP contribution in [0.2, 0.25) is 0 Å². The highest BCUT2D eigenvalue weighted by atomic mass is 19.1. The van der Waals surface area contributed by atoms with Crippen molar-refractivity contribution < 1.29 is 14.3 Å². The number of amides is 1. The Morgan fingerprint density at radius 3 is 2.80 bits per heavy atom. The molecule has 0 spiro atoms. The van der Waals surface area contributed by atoms with E-state index in [4.69, 9.17) is 0 Å². The van der Waals surface area contributed by atoms with Crippen LogP contribution in [0.3, 0.4) is 0 Å². The monoisotopic (exact) mass is 280 g/mol. The van der Waals surface area contributed by atoms with Crippen LogP contribution in [0.25, 0.3) is 0 Å². The van der Waals surface area contributed by atoms with Gasteiger partial charge in [0, 0.05) is 31.7 Å². The van der Waals surface area contributed by atoms with Crippen molar-refractivity contribution >= 4 is 11.6 Å². The Hall–Kier alpha value is -1.46. The molecule has 1 aliphatic rings. The minimum atomic E-state index is -0.612. The number of aliphatic hydroxyl groups is 1. The summed E-state index contributed by atoms with van der Waals surface area (Å²) in [5.74, 6) is -0.289. The number of benzene rings is 1. The van der Waals surface area contributed by atoms with Gasteiger partial charge in [0.15, 0.2) is 0 Å². The molecule has 2 N–H and O–H groups in total. The van der Waals surface area contributed by atoms with Gasteiger partial charge >= 0.3 is 0 Å². The minimum Gasteiger partial charge on any atom is -0.387 e. The van der Waals surface area contributed by atoms with E-state index in [0.29, 0.717) is 31.7 Å². The number of carbonyl (C=O) groups is 1.